The molecule has 2 aromatic carbocycles. The zero-order valence-corrected chi connectivity index (χ0v) is 15.3. The highest BCUT2D eigenvalue weighted by atomic mass is 16.5. The van der Waals surface area contributed by atoms with Crippen molar-refractivity contribution in [2.45, 2.75) is 25.6 Å². The molecule has 138 valence electrons. The van der Waals surface area contributed by atoms with Crippen molar-refractivity contribution in [2.75, 3.05) is 26.3 Å². The van der Waals surface area contributed by atoms with Crippen LogP contribution in [-0.4, -0.2) is 37.1 Å². The molecule has 0 bridgehead atoms. The summed E-state index contributed by atoms with van der Waals surface area (Å²) in [6, 6.07) is 17.7. The fraction of sp³-hybridized carbons (Fsp3) is 0.381. The molecule has 1 heterocycles. The second-order valence-corrected chi connectivity index (χ2v) is 6.91. The highest BCUT2D eigenvalue weighted by Crippen LogP contribution is 2.18. The quantitative estimate of drug-likeness (QED) is 0.834. The van der Waals surface area contributed by atoms with Crippen LogP contribution in [0.3, 0.4) is 0 Å². The normalized spacial score (nSPS) is 17.5. The Morgan fingerprint density at radius 2 is 1.69 bits per heavy atom. The summed E-state index contributed by atoms with van der Waals surface area (Å²) >= 11 is 0. The predicted molar refractivity (Wildman–Crippen MR) is 102 cm³/mol. The van der Waals surface area contributed by atoms with Gasteiger partial charge in [-0.3, -0.25) is 9.69 Å². The third kappa shape index (κ3) is 4.49. The molecule has 1 aliphatic rings. The first-order valence-corrected chi connectivity index (χ1v) is 9.07. The van der Waals surface area contributed by atoms with E-state index in [9.17, 15) is 4.79 Å². The smallest absolute Gasteiger partial charge is 0.244 e. The van der Waals surface area contributed by atoms with E-state index in [2.05, 4.69) is 22.3 Å². The van der Waals surface area contributed by atoms with Gasteiger partial charge in [0.25, 0.3) is 0 Å². The molecule has 26 heavy (non-hydrogen) atoms. The highest BCUT2D eigenvalue weighted by Gasteiger charge is 2.30. The zero-order chi connectivity index (χ0) is 18.4. The molecular weight excluding hydrogens is 326 g/mol. The monoisotopic (exact) mass is 353 g/mol. The first-order chi connectivity index (χ1) is 12.6. The molecular formula is C21H27N3O2. The highest BCUT2D eigenvalue weighted by molar-refractivity contribution is 5.86. The number of carbonyl (C=O) groups excluding carboxylic acids is 1. The van der Waals surface area contributed by atoms with Crippen LogP contribution in [-0.2, 0) is 28.2 Å². The third-order valence-corrected chi connectivity index (χ3v) is 4.90. The lowest BCUT2D eigenvalue weighted by Crippen LogP contribution is -2.48. The molecule has 2 aromatic rings. The number of hydrogen-bond acceptors (Lipinski definition) is 4. The Morgan fingerprint density at radius 1 is 1.08 bits per heavy atom. The van der Waals surface area contributed by atoms with Crippen LogP contribution >= 0.6 is 0 Å². The average molecular weight is 353 g/mol. The van der Waals surface area contributed by atoms with Crippen LogP contribution in [0.2, 0.25) is 0 Å². The number of nitrogens with zero attached hydrogens (tertiary/aromatic N) is 1. The summed E-state index contributed by atoms with van der Waals surface area (Å²) in [7, 11) is 0. The van der Waals surface area contributed by atoms with Crippen LogP contribution in [0.15, 0.2) is 54.6 Å². The molecule has 3 rings (SSSR count). The lowest BCUT2D eigenvalue weighted by molar-refractivity contribution is -0.126. The minimum Gasteiger partial charge on any atom is -0.379 e. The van der Waals surface area contributed by atoms with Gasteiger partial charge >= 0.3 is 0 Å². The van der Waals surface area contributed by atoms with Crippen LogP contribution in [0.25, 0.3) is 0 Å². The SMILES string of the molecule is CC(N)(C(=O)NCc1ccccc1CN1CCOCC1)c1ccccc1. The van der Waals surface area contributed by atoms with E-state index in [0.29, 0.717) is 6.54 Å². The van der Waals surface area contributed by atoms with E-state index in [1.54, 1.807) is 6.92 Å². The number of carbonyl (C=O) groups is 1. The Balaban J connectivity index is 1.65. The van der Waals surface area contributed by atoms with Gasteiger partial charge in [-0.2, -0.15) is 0 Å². The summed E-state index contributed by atoms with van der Waals surface area (Å²) < 4.78 is 5.41. The lowest BCUT2D eigenvalue weighted by atomic mass is 9.92. The molecule has 0 aliphatic carbocycles. The van der Waals surface area contributed by atoms with Gasteiger partial charge in [-0.15, -0.1) is 0 Å². The van der Waals surface area contributed by atoms with Crippen LogP contribution < -0.4 is 11.1 Å². The van der Waals surface area contributed by atoms with Crippen molar-refractivity contribution in [1.29, 1.82) is 0 Å². The fourth-order valence-electron chi connectivity index (χ4n) is 3.16. The van der Waals surface area contributed by atoms with Gasteiger partial charge in [0.1, 0.15) is 5.54 Å². The predicted octanol–water partition coefficient (Wildman–Crippen LogP) is 2.01. The summed E-state index contributed by atoms with van der Waals surface area (Å²) in [5, 5.41) is 3.01. The molecule has 1 fully saturated rings. The van der Waals surface area contributed by atoms with Gasteiger partial charge in [-0.1, -0.05) is 54.6 Å². The van der Waals surface area contributed by atoms with Gasteiger partial charge in [-0.25, -0.2) is 0 Å². The number of nitrogens with one attached hydrogen (secondary N) is 1. The zero-order valence-electron chi connectivity index (χ0n) is 15.3. The molecule has 3 N–H and O–H groups in total. The molecule has 0 radical (unpaired) electrons. The van der Waals surface area contributed by atoms with E-state index in [1.807, 2.05) is 42.5 Å². The number of hydrogen-bond donors (Lipinski definition) is 2. The minimum absolute atomic E-state index is 0.176. The number of nitrogens with two attached hydrogens (primary N) is 1. The van der Waals surface area contributed by atoms with E-state index in [0.717, 1.165) is 44.0 Å². The van der Waals surface area contributed by atoms with Gasteiger partial charge in [0.2, 0.25) is 5.91 Å². The van der Waals surface area contributed by atoms with E-state index >= 15 is 0 Å². The lowest BCUT2D eigenvalue weighted by Gasteiger charge is -2.28. The fourth-order valence-corrected chi connectivity index (χ4v) is 3.16. The van der Waals surface area contributed by atoms with Gasteiger partial charge in [0.05, 0.1) is 13.2 Å². The second-order valence-electron chi connectivity index (χ2n) is 6.91. The molecule has 1 unspecified atom stereocenters. The van der Waals surface area contributed by atoms with E-state index in [4.69, 9.17) is 10.5 Å². The Labute approximate surface area is 155 Å². The molecule has 5 heteroatoms. The molecule has 0 aromatic heterocycles. The van der Waals surface area contributed by atoms with Crippen molar-refractivity contribution in [1.82, 2.24) is 10.2 Å². The van der Waals surface area contributed by atoms with Gasteiger partial charge in [0.15, 0.2) is 0 Å². The van der Waals surface area contributed by atoms with Crippen molar-refractivity contribution in [3.05, 3.63) is 71.3 Å². The molecule has 1 aliphatic heterocycles. The molecule has 0 saturated carbocycles. The van der Waals surface area contributed by atoms with E-state index < -0.39 is 5.54 Å². The van der Waals surface area contributed by atoms with Gasteiger partial charge < -0.3 is 15.8 Å². The number of benzene rings is 2. The van der Waals surface area contributed by atoms with Gasteiger partial charge in [-0.05, 0) is 23.6 Å². The maximum Gasteiger partial charge on any atom is 0.244 e. The van der Waals surface area contributed by atoms with Crippen LogP contribution in [0.5, 0.6) is 0 Å². The summed E-state index contributed by atoms with van der Waals surface area (Å²) in [6.45, 7) is 6.53. The standard InChI is InChI=1S/C21H27N3O2/c1-21(22,19-9-3-2-4-10-19)20(25)23-15-17-7-5-6-8-18(17)16-24-11-13-26-14-12-24/h2-10H,11-16,22H2,1H3,(H,23,25). The maximum atomic E-state index is 12.7. The number of morpholine rings is 1. The Hall–Kier alpha value is -2.21. The molecule has 1 saturated heterocycles. The van der Waals surface area contributed by atoms with E-state index in [1.165, 1.54) is 5.56 Å². The van der Waals surface area contributed by atoms with Crippen molar-refractivity contribution in [3.63, 3.8) is 0 Å². The van der Waals surface area contributed by atoms with Crippen molar-refractivity contribution in [3.8, 4) is 0 Å². The maximum absolute atomic E-state index is 12.7. The number of rotatable bonds is 6. The number of ether oxygens (including phenoxy) is 1. The van der Waals surface area contributed by atoms with Crippen LogP contribution in [0, 0.1) is 0 Å². The van der Waals surface area contributed by atoms with E-state index in [-0.39, 0.29) is 5.91 Å². The Morgan fingerprint density at radius 3 is 2.38 bits per heavy atom. The van der Waals surface area contributed by atoms with Crippen molar-refractivity contribution >= 4 is 5.91 Å². The summed E-state index contributed by atoms with van der Waals surface area (Å²) in [6.07, 6.45) is 0. The Bertz CT molecular complexity index is 725. The minimum atomic E-state index is -1.06. The first kappa shape index (κ1) is 18.6. The second kappa shape index (κ2) is 8.45. The summed E-state index contributed by atoms with van der Waals surface area (Å²) in [4.78, 5) is 15.1. The Kier molecular flexibility index (Phi) is 6.04. The van der Waals surface area contributed by atoms with Gasteiger partial charge in [0, 0.05) is 26.2 Å². The van der Waals surface area contributed by atoms with Crippen molar-refractivity contribution in [2.24, 2.45) is 5.73 Å². The summed E-state index contributed by atoms with van der Waals surface area (Å²) in [5.74, 6) is -0.176. The topological polar surface area (TPSA) is 67.6 Å². The third-order valence-electron chi connectivity index (χ3n) is 4.90. The summed E-state index contributed by atoms with van der Waals surface area (Å²) in [5.41, 5.74) is 8.40. The molecule has 0 spiro atoms. The molecule has 5 nitrogen and oxygen atoms in total. The molecule has 1 atom stereocenters. The number of amides is 1. The average Bonchev–Trinajstić information content (AvgIpc) is 2.68. The van der Waals surface area contributed by atoms with Crippen LogP contribution in [0.1, 0.15) is 23.6 Å². The largest absolute Gasteiger partial charge is 0.379 e. The van der Waals surface area contributed by atoms with Crippen LogP contribution in [0.4, 0.5) is 0 Å². The van der Waals surface area contributed by atoms with Crippen molar-refractivity contribution < 1.29 is 9.53 Å². The first-order valence-electron chi connectivity index (χ1n) is 9.07. The molecule has 1 amide bonds.